The Bertz CT molecular complexity index is 800. The van der Waals surface area contributed by atoms with E-state index in [4.69, 9.17) is 4.74 Å². The zero-order valence-corrected chi connectivity index (χ0v) is 15.0. The SMILES string of the molecule is CCC(C)(C)c1ccc(OCC(=O)Nc2cc([N+](=O)[O-])ccc2O)cc1. The summed E-state index contributed by atoms with van der Waals surface area (Å²) in [5, 5.41) is 22.9. The zero-order chi connectivity index (χ0) is 19.3. The van der Waals surface area contributed by atoms with E-state index in [0.29, 0.717) is 5.75 Å². The van der Waals surface area contributed by atoms with E-state index in [1.54, 1.807) is 12.1 Å². The Balaban J connectivity index is 1.97. The first-order valence-corrected chi connectivity index (χ1v) is 8.23. The van der Waals surface area contributed by atoms with E-state index in [-0.39, 0.29) is 29.1 Å². The van der Waals surface area contributed by atoms with Gasteiger partial charge in [0.1, 0.15) is 11.5 Å². The number of carbonyl (C=O) groups excluding carboxylic acids is 1. The van der Waals surface area contributed by atoms with Crippen LogP contribution in [0.3, 0.4) is 0 Å². The Kier molecular flexibility index (Phi) is 5.82. The molecule has 2 N–H and O–H groups in total. The van der Waals surface area contributed by atoms with Crippen molar-refractivity contribution in [1.29, 1.82) is 0 Å². The van der Waals surface area contributed by atoms with Crippen LogP contribution < -0.4 is 10.1 Å². The van der Waals surface area contributed by atoms with Gasteiger partial charge in [0.05, 0.1) is 10.6 Å². The first-order valence-electron chi connectivity index (χ1n) is 8.23. The molecule has 2 aromatic rings. The molecule has 0 aliphatic rings. The van der Waals surface area contributed by atoms with E-state index in [1.807, 2.05) is 12.1 Å². The number of phenols is 1. The molecule has 0 spiro atoms. The van der Waals surface area contributed by atoms with E-state index in [9.17, 15) is 20.0 Å². The molecule has 2 aromatic carbocycles. The largest absolute Gasteiger partial charge is 0.506 e. The Morgan fingerprint density at radius 3 is 2.46 bits per heavy atom. The van der Waals surface area contributed by atoms with Crippen LogP contribution >= 0.6 is 0 Å². The minimum atomic E-state index is -0.606. The number of amides is 1. The fourth-order valence-corrected chi connectivity index (χ4v) is 2.28. The molecule has 0 heterocycles. The number of hydrogen-bond acceptors (Lipinski definition) is 5. The molecule has 0 aliphatic carbocycles. The fourth-order valence-electron chi connectivity index (χ4n) is 2.28. The molecule has 0 bridgehead atoms. The van der Waals surface area contributed by atoms with Crippen LogP contribution in [-0.4, -0.2) is 22.5 Å². The molecule has 138 valence electrons. The minimum Gasteiger partial charge on any atom is -0.506 e. The predicted molar refractivity (Wildman–Crippen MR) is 98.6 cm³/mol. The molecule has 0 saturated heterocycles. The summed E-state index contributed by atoms with van der Waals surface area (Å²) >= 11 is 0. The molecule has 0 saturated carbocycles. The lowest BCUT2D eigenvalue weighted by Gasteiger charge is -2.23. The maximum absolute atomic E-state index is 12.0. The van der Waals surface area contributed by atoms with E-state index in [0.717, 1.165) is 24.6 Å². The van der Waals surface area contributed by atoms with Crippen LogP contribution in [0.25, 0.3) is 0 Å². The smallest absolute Gasteiger partial charge is 0.271 e. The number of anilines is 1. The Labute approximate surface area is 151 Å². The molecule has 2 rings (SSSR count). The average Bonchev–Trinajstić information content (AvgIpc) is 2.62. The van der Waals surface area contributed by atoms with E-state index in [1.165, 1.54) is 5.56 Å². The summed E-state index contributed by atoms with van der Waals surface area (Å²) in [5.74, 6) is -0.243. The quantitative estimate of drug-likeness (QED) is 0.442. The van der Waals surface area contributed by atoms with Gasteiger partial charge in [-0.25, -0.2) is 0 Å². The van der Waals surface area contributed by atoms with Crippen LogP contribution in [0.5, 0.6) is 11.5 Å². The molecule has 0 fully saturated rings. The highest BCUT2D eigenvalue weighted by Gasteiger charge is 2.18. The summed E-state index contributed by atoms with van der Waals surface area (Å²) in [6.07, 6.45) is 1.00. The molecule has 1 amide bonds. The zero-order valence-electron chi connectivity index (χ0n) is 15.0. The first kappa shape index (κ1) is 19.2. The number of benzene rings is 2. The number of nitrogens with one attached hydrogen (secondary N) is 1. The van der Waals surface area contributed by atoms with Crippen molar-refractivity contribution in [3.63, 3.8) is 0 Å². The van der Waals surface area contributed by atoms with Crippen LogP contribution in [0.2, 0.25) is 0 Å². The normalized spacial score (nSPS) is 11.0. The van der Waals surface area contributed by atoms with E-state index < -0.39 is 10.8 Å². The van der Waals surface area contributed by atoms with Crippen molar-refractivity contribution in [3.05, 3.63) is 58.1 Å². The number of hydrogen-bond donors (Lipinski definition) is 2. The monoisotopic (exact) mass is 358 g/mol. The van der Waals surface area contributed by atoms with Gasteiger partial charge in [0.2, 0.25) is 0 Å². The number of phenolic OH excluding ortho intramolecular Hbond substituents is 1. The van der Waals surface area contributed by atoms with Gasteiger partial charge >= 0.3 is 0 Å². The third kappa shape index (κ3) is 4.72. The number of nitro benzene ring substituents is 1. The van der Waals surface area contributed by atoms with Crippen molar-refractivity contribution >= 4 is 17.3 Å². The van der Waals surface area contributed by atoms with Gasteiger partial charge in [-0.05, 0) is 35.6 Å². The first-order chi connectivity index (χ1) is 12.2. The van der Waals surface area contributed by atoms with Crippen molar-refractivity contribution in [1.82, 2.24) is 0 Å². The minimum absolute atomic E-state index is 0.0344. The number of aromatic hydroxyl groups is 1. The van der Waals surface area contributed by atoms with Crippen molar-refractivity contribution < 1.29 is 19.6 Å². The highest BCUT2D eigenvalue weighted by Crippen LogP contribution is 2.29. The molecule has 7 nitrogen and oxygen atoms in total. The lowest BCUT2D eigenvalue weighted by Crippen LogP contribution is -2.20. The second-order valence-electron chi connectivity index (χ2n) is 6.56. The van der Waals surface area contributed by atoms with Gasteiger partial charge in [-0.3, -0.25) is 14.9 Å². The van der Waals surface area contributed by atoms with Gasteiger partial charge in [0.25, 0.3) is 11.6 Å². The summed E-state index contributed by atoms with van der Waals surface area (Å²) in [7, 11) is 0. The van der Waals surface area contributed by atoms with E-state index in [2.05, 4.69) is 26.1 Å². The standard InChI is InChI=1S/C19H22N2O5/c1-4-19(2,3)13-5-8-15(9-6-13)26-12-18(23)20-16-11-14(21(24)25)7-10-17(16)22/h5-11,22H,4,12H2,1-3H3,(H,20,23). The third-order valence-corrected chi connectivity index (χ3v) is 4.35. The van der Waals surface area contributed by atoms with Crippen LogP contribution in [-0.2, 0) is 10.2 Å². The maximum Gasteiger partial charge on any atom is 0.271 e. The van der Waals surface area contributed by atoms with Gasteiger partial charge in [0, 0.05) is 12.1 Å². The molecule has 0 unspecified atom stereocenters. The Morgan fingerprint density at radius 1 is 1.23 bits per heavy atom. The van der Waals surface area contributed by atoms with Gasteiger partial charge in [-0.2, -0.15) is 0 Å². The van der Waals surface area contributed by atoms with Crippen LogP contribution in [0, 0.1) is 10.1 Å². The Morgan fingerprint density at radius 2 is 1.88 bits per heavy atom. The molecule has 0 aromatic heterocycles. The number of carbonyl (C=O) groups is 1. The molecule has 26 heavy (non-hydrogen) atoms. The second kappa shape index (κ2) is 7.86. The molecular weight excluding hydrogens is 336 g/mol. The number of nitro groups is 1. The van der Waals surface area contributed by atoms with Gasteiger partial charge in [-0.1, -0.05) is 32.9 Å². The lowest BCUT2D eigenvalue weighted by molar-refractivity contribution is -0.384. The molecule has 7 heteroatoms. The predicted octanol–water partition coefficient (Wildman–Crippen LogP) is 4.01. The third-order valence-electron chi connectivity index (χ3n) is 4.35. The fraction of sp³-hybridized carbons (Fsp3) is 0.316. The summed E-state index contributed by atoms with van der Waals surface area (Å²) in [4.78, 5) is 22.1. The van der Waals surface area contributed by atoms with E-state index >= 15 is 0 Å². The number of non-ortho nitro benzene ring substituents is 1. The van der Waals surface area contributed by atoms with Gasteiger partial charge in [-0.15, -0.1) is 0 Å². The average molecular weight is 358 g/mol. The Hall–Kier alpha value is -3.09. The highest BCUT2D eigenvalue weighted by atomic mass is 16.6. The summed E-state index contributed by atoms with van der Waals surface area (Å²) < 4.78 is 5.43. The van der Waals surface area contributed by atoms with Crippen LogP contribution in [0.4, 0.5) is 11.4 Å². The van der Waals surface area contributed by atoms with Gasteiger partial charge in [0.15, 0.2) is 6.61 Å². The van der Waals surface area contributed by atoms with Gasteiger partial charge < -0.3 is 15.2 Å². The summed E-state index contributed by atoms with van der Waals surface area (Å²) in [6.45, 7) is 6.15. The van der Waals surface area contributed by atoms with Crippen LogP contribution in [0.15, 0.2) is 42.5 Å². The second-order valence-corrected chi connectivity index (χ2v) is 6.56. The van der Waals surface area contributed by atoms with Crippen molar-refractivity contribution in [2.24, 2.45) is 0 Å². The molecule has 0 aliphatic heterocycles. The number of nitrogens with zero attached hydrogens (tertiary/aromatic N) is 1. The topological polar surface area (TPSA) is 102 Å². The van der Waals surface area contributed by atoms with Crippen LogP contribution in [0.1, 0.15) is 32.8 Å². The lowest BCUT2D eigenvalue weighted by atomic mass is 9.82. The molecular formula is C19H22N2O5. The molecule has 0 radical (unpaired) electrons. The maximum atomic E-state index is 12.0. The molecule has 0 atom stereocenters. The number of rotatable bonds is 7. The van der Waals surface area contributed by atoms with Crippen molar-refractivity contribution in [3.8, 4) is 11.5 Å². The summed E-state index contributed by atoms with van der Waals surface area (Å²) in [5.41, 5.74) is 0.981. The summed E-state index contributed by atoms with van der Waals surface area (Å²) in [6, 6.07) is 10.9. The highest BCUT2D eigenvalue weighted by molar-refractivity contribution is 5.93. The van der Waals surface area contributed by atoms with Crippen molar-refractivity contribution in [2.45, 2.75) is 32.6 Å². The number of ether oxygens (including phenoxy) is 1. The van der Waals surface area contributed by atoms with Crippen molar-refractivity contribution in [2.75, 3.05) is 11.9 Å².